The maximum atomic E-state index is 12.5. The first-order valence-corrected chi connectivity index (χ1v) is 11.3. The lowest BCUT2D eigenvalue weighted by Gasteiger charge is -2.29. The van der Waals surface area contributed by atoms with Crippen LogP contribution in [-0.4, -0.2) is 28.9 Å². The Morgan fingerprint density at radius 3 is 2.63 bits per heavy atom. The predicted octanol–water partition coefficient (Wildman–Crippen LogP) is 4.85. The maximum absolute atomic E-state index is 12.5. The molecule has 2 aromatic rings. The lowest BCUT2D eigenvalue weighted by atomic mass is 9.94. The van der Waals surface area contributed by atoms with E-state index in [0.29, 0.717) is 18.0 Å². The van der Waals surface area contributed by atoms with E-state index in [0.717, 1.165) is 40.3 Å². The standard InChI is InChI=1S/C23H28N2O4S/c1-16-13-21-20(23(3,4)29-15-24-21)14-22(16)28-11-5-6-12-30(27)19-9-7-18(8-10-19)25-17(2)26/h7-10,13-15H,5-6,11-12H2,1-4H3,(H,25,26). The Labute approximate surface area is 180 Å². The van der Waals surface area contributed by atoms with Crippen LogP contribution in [-0.2, 0) is 25.9 Å². The van der Waals surface area contributed by atoms with E-state index in [4.69, 9.17) is 9.47 Å². The van der Waals surface area contributed by atoms with Gasteiger partial charge in [0.15, 0.2) is 6.40 Å². The van der Waals surface area contributed by atoms with Gasteiger partial charge in [-0.15, -0.1) is 0 Å². The van der Waals surface area contributed by atoms with Crippen LogP contribution in [0.2, 0.25) is 0 Å². The van der Waals surface area contributed by atoms with Crippen molar-refractivity contribution >= 4 is 34.5 Å². The van der Waals surface area contributed by atoms with Gasteiger partial charge in [0.1, 0.15) is 11.4 Å². The molecule has 0 radical (unpaired) electrons. The summed E-state index contributed by atoms with van der Waals surface area (Å²) in [7, 11) is -1.07. The minimum Gasteiger partial charge on any atom is -0.493 e. The van der Waals surface area contributed by atoms with Crippen molar-refractivity contribution in [2.75, 3.05) is 17.7 Å². The van der Waals surface area contributed by atoms with Gasteiger partial charge in [-0.25, -0.2) is 4.99 Å². The van der Waals surface area contributed by atoms with Crippen LogP contribution in [0.15, 0.2) is 46.3 Å². The summed E-state index contributed by atoms with van der Waals surface area (Å²) >= 11 is 0. The number of hydrogen-bond acceptors (Lipinski definition) is 5. The number of carbonyl (C=O) groups is 1. The molecule has 2 aromatic carbocycles. The van der Waals surface area contributed by atoms with Crippen molar-refractivity contribution in [3.05, 3.63) is 47.5 Å². The third-order valence-electron chi connectivity index (χ3n) is 4.90. The highest BCUT2D eigenvalue weighted by Crippen LogP contribution is 2.39. The number of carbonyl (C=O) groups excluding carboxylic acids is 1. The van der Waals surface area contributed by atoms with E-state index in [9.17, 15) is 9.00 Å². The van der Waals surface area contributed by atoms with Crippen molar-refractivity contribution < 1.29 is 18.5 Å². The summed E-state index contributed by atoms with van der Waals surface area (Å²) in [6.07, 6.45) is 3.10. The summed E-state index contributed by atoms with van der Waals surface area (Å²) in [4.78, 5) is 16.1. The zero-order valence-corrected chi connectivity index (χ0v) is 18.7. The van der Waals surface area contributed by atoms with Crippen LogP contribution in [0, 0.1) is 6.92 Å². The molecule has 0 saturated carbocycles. The normalized spacial score (nSPS) is 15.1. The molecule has 1 amide bonds. The summed E-state index contributed by atoms with van der Waals surface area (Å²) in [6, 6.07) is 11.2. The van der Waals surface area contributed by atoms with Gasteiger partial charge in [-0.05, 0) is 75.6 Å². The smallest absolute Gasteiger partial charge is 0.221 e. The van der Waals surface area contributed by atoms with Crippen LogP contribution < -0.4 is 10.1 Å². The number of anilines is 1. The van der Waals surface area contributed by atoms with E-state index in [-0.39, 0.29) is 5.91 Å². The summed E-state index contributed by atoms with van der Waals surface area (Å²) in [5.74, 6) is 1.28. The molecule has 30 heavy (non-hydrogen) atoms. The Kier molecular flexibility index (Phi) is 6.92. The third-order valence-corrected chi connectivity index (χ3v) is 6.36. The van der Waals surface area contributed by atoms with Crippen LogP contribution in [0.4, 0.5) is 11.4 Å². The highest BCUT2D eigenvalue weighted by Gasteiger charge is 2.28. The van der Waals surface area contributed by atoms with Crippen LogP contribution in [0.1, 0.15) is 44.7 Å². The molecule has 1 N–H and O–H groups in total. The Morgan fingerprint density at radius 2 is 1.93 bits per heavy atom. The minimum absolute atomic E-state index is 0.123. The zero-order chi connectivity index (χ0) is 21.7. The number of nitrogens with zero attached hydrogens (tertiary/aromatic N) is 1. The third kappa shape index (κ3) is 5.48. The Hall–Kier alpha value is -2.67. The molecule has 6 nitrogen and oxygen atoms in total. The van der Waals surface area contributed by atoms with E-state index < -0.39 is 16.4 Å². The molecular formula is C23H28N2O4S. The molecule has 0 aromatic heterocycles. The molecule has 0 spiro atoms. The average molecular weight is 429 g/mol. The molecule has 0 fully saturated rings. The summed E-state index contributed by atoms with van der Waals surface area (Å²) in [5.41, 5.74) is 3.23. The quantitative estimate of drug-likeness (QED) is 0.610. The molecule has 0 aliphatic carbocycles. The topological polar surface area (TPSA) is 77.0 Å². The summed E-state index contributed by atoms with van der Waals surface area (Å²) in [5, 5.41) is 2.71. The zero-order valence-electron chi connectivity index (χ0n) is 17.9. The van der Waals surface area contributed by atoms with Gasteiger partial charge in [0, 0.05) is 28.8 Å². The number of nitrogens with one attached hydrogen (secondary N) is 1. The number of rotatable bonds is 8. The molecule has 1 aliphatic rings. The van der Waals surface area contributed by atoms with Crippen LogP contribution in [0.5, 0.6) is 5.75 Å². The number of ether oxygens (including phenoxy) is 2. The number of benzene rings is 2. The van der Waals surface area contributed by atoms with E-state index >= 15 is 0 Å². The number of aliphatic imine (C=N–C) groups is 1. The van der Waals surface area contributed by atoms with Crippen molar-refractivity contribution in [1.29, 1.82) is 0 Å². The molecule has 160 valence electrons. The van der Waals surface area contributed by atoms with Crippen LogP contribution in [0.25, 0.3) is 0 Å². The van der Waals surface area contributed by atoms with Gasteiger partial charge in [0.05, 0.1) is 23.1 Å². The van der Waals surface area contributed by atoms with E-state index in [2.05, 4.69) is 10.3 Å². The van der Waals surface area contributed by atoms with Gasteiger partial charge in [-0.1, -0.05) is 0 Å². The van der Waals surface area contributed by atoms with Crippen molar-refractivity contribution in [2.24, 2.45) is 4.99 Å². The molecule has 0 saturated heterocycles. The van der Waals surface area contributed by atoms with Gasteiger partial charge in [-0.2, -0.15) is 0 Å². The number of hydrogen-bond donors (Lipinski definition) is 1. The molecular weight excluding hydrogens is 400 g/mol. The summed E-state index contributed by atoms with van der Waals surface area (Å²) in [6.45, 7) is 8.04. The SMILES string of the molecule is CC(=O)Nc1ccc(S(=O)CCCCOc2cc3c(cc2C)N=COC3(C)C)cc1. The summed E-state index contributed by atoms with van der Waals surface area (Å²) < 4.78 is 24.1. The number of amides is 1. The largest absolute Gasteiger partial charge is 0.493 e. The van der Waals surface area contributed by atoms with Crippen molar-refractivity contribution in [3.63, 3.8) is 0 Å². The van der Waals surface area contributed by atoms with E-state index in [1.54, 1.807) is 24.3 Å². The van der Waals surface area contributed by atoms with Crippen molar-refractivity contribution in [3.8, 4) is 5.75 Å². The van der Waals surface area contributed by atoms with Crippen LogP contribution in [0.3, 0.4) is 0 Å². The predicted molar refractivity (Wildman–Crippen MR) is 120 cm³/mol. The van der Waals surface area contributed by atoms with Crippen LogP contribution >= 0.6 is 0 Å². The number of unbranched alkanes of at least 4 members (excludes halogenated alkanes) is 1. The second-order valence-electron chi connectivity index (χ2n) is 7.81. The second kappa shape index (κ2) is 9.43. The maximum Gasteiger partial charge on any atom is 0.221 e. The van der Waals surface area contributed by atoms with Gasteiger partial charge in [0.25, 0.3) is 0 Å². The molecule has 0 bridgehead atoms. The molecule has 1 heterocycles. The lowest BCUT2D eigenvalue weighted by molar-refractivity contribution is -0.114. The Bertz CT molecular complexity index is 968. The fourth-order valence-corrected chi connectivity index (χ4v) is 4.37. The van der Waals surface area contributed by atoms with Gasteiger partial charge in [0.2, 0.25) is 5.91 Å². The molecule has 1 aliphatic heterocycles. The Balaban J connectivity index is 1.48. The minimum atomic E-state index is -1.07. The van der Waals surface area contributed by atoms with E-state index in [1.165, 1.54) is 13.3 Å². The van der Waals surface area contributed by atoms with Gasteiger partial charge < -0.3 is 14.8 Å². The first-order valence-electron chi connectivity index (χ1n) is 10.0. The fraction of sp³-hybridized carbons (Fsp3) is 0.391. The highest BCUT2D eigenvalue weighted by atomic mass is 32.2. The Morgan fingerprint density at radius 1 is 1.20 bits per heavy atom. The van der Waals surface area contributed by atoms with Gasteiger partial charge in [-0.3, -0.25) is 9.00 Å². The molecule has 1 unspecified atom stereocenters. The highest BCUT2D eigenvalue weighted by molar-refractivity contribution is 7.85. The van der Waals surface area contributed by atoms with E-state index in [1.807, 2.05) is 32.9 Å². The average Bonchev–Trinajstić information content (AvgIpc) is 2.68. The molecule has 1 atom stereocenters. The molecule has 7 heteroatoms. The first kappa shape index (κ1) is 22.0. The number of fused-ring (bicyclic) bond motifs is 1. The van der Waals surface area contributed by atoms with Crippen molar-refractivity contribution in [1.82, 2.24) is 0 Å². The fourth-order valence-electron chi connectivity index (χ4n) is 3.22. The lowest BCUT2D eigenvalue weighted by Crippen LogP contribution is -2.23. The monoisotopic (exact) mass is 428 g/mol. The van der Waals surface area contributed by atoms with Crippen molar-refractivity contribution in [2.45, 2.75) is 51.0 Å². The first-order chi connectivity index (χ1) is 14.3. The second-order valence-corrected chi connectivity index (χ2v) is 9.38. The number of aryl methyl sites for hydroxylation is 1. The van der Waals surface area contributed by atoms with Gasteiger partial charge >= 0.3 is 0 Å². The molecule has 3 rings (SSSR count).